The van der Waals surface area contributed by atoms with Crippen LogP contribution in [0.5, 0.6) is 0 Å². The monoisotopic (exact) mass is 384 g/mol. The van der Waals surface area contributed by atoms with Crippen molar-refractivity contribution in [3.63, 3.8) is 0 Å². The van der Waals surface area contributed by atoms with E-state index < -0.39 is 0 Å². The lowest BCUT2D eigenvalue weighted by Crippen LogP contribution is -2.47. The third-order valence-corrected chi connectivity index (χ3v) is 8.46. The number of hydrogen-bond donors (Lipinski definition) is 0. The molecule has 4 nitrogen and oxygen atoms in total. The number of ketones is 2. The lowest BCUT2D eigenvalue weighted by molar-refractivity contribution is -0.148. The lowest BCUT2D eigenvalue weighted by atomic mass is 9.49. The molecular weight excluding hydrogens is 352 g/mol. The number of carbonyl (C=O) groups is 3. The Labute approximate surface area is 167 Å². The Morgan fingerprint density at radius 3 is 2.68 bits per heavy atom. The van der Waals surface area contributed by atoms with Crippen molar-refractivity contribution < 1.29 is 19.1 Å². The Morgan fingerprint density at radius 2 is 1.96 bits per heavy atom. The van der Waals surface area contributed by atoms with E-state index in [9.17, 15) is 14.4 Å². The van der Waals surface area contributed by atoms with Gasteiger partial charge in [0.15, 0.2) is 11.6 Å². The zero-order chi connectivity index (χ0) is 20.3. The molecule has 0 aromatic rings. The zero-order valence-corrected chi connectivity index (χ0v) is 17.5. The van der Waals surface area contributed by atoms with Gasteiger partial charge < -0.3 is 4.74 Å². The molecule has 4 rings (SSSR count). The fourth-order valence-electron chi connectivity index (χ4n) is 7.07. The van der Waals surface area contributed by atoms with Gasteiger partial charge in [-0.15, -0.1) is 0 Å². The van der Waals surface area contributed by atoms with Crippen molar-refractivity contribution >= 4 is 17.5 Å². The van der Waals surface area contributed by atoms with Crippen molar-refractivity contribution in [2.75, 3.05) is 6.61 Å². The molecule has 0 aliphatic heterocycles. The maximum Gasteiger partial charge on any atom is 0.303 e. The normalized spacial score (nSPS) is 41.9. The summed E-state index contributed by atoms with van der Waals surface area (Å²) >= 11 is 0. The minimum atomic E-state index is -0.390. The molecule has 4 aliphatic carbocycles. The summed E-state index contributed by atoms with van der Waals surface area (Å²) in [7, 11) is 0. The number of hydrogen-bond acceptors (Lipinski definition) is 4. The largest absolute Gasteiger partial charge is 0.458 e. The molecular formula is C24H32O4. The minimum absolute atomic E-state index is 0.0113. The molecule has 0 heterocycles. The number of ether oxygens (including phenoxy) is 1. The van der Waals surface area contributed by atoms with E-state index in [-0.39, 0.29) is 40.9 Å². The molecule has 0 bridgehead atoms. The molecule has 28 heavy (non-hydrogen) atoms. The number of allylic oxidation sites excluding steroid dienone is 4. The van der Waals surface area contributed by atoms with Crippen LogP contribution in [-0.2, 0) is 19.1 Å². The Hall–Kier alpha value is -1.71. The molecule has 0 saturated heterocycles. The van der Waals surface area contributed by atoms with E-state index in [0.717, 1.165) is 32.1 Å². The van der Waals surface area contributed by atoms with Crippen LogP contribution in [0.25, 0.3) is 0 Å². The third-order valence-electron chi connectivity index (χ3n) is 8.46. The van der Waals surface area contributed by atoms with Crippen LogP contribution in [0.15, 0.2) is 23.3 Å². The smallest absolute Gasteiger partial charge is 0.303 e. The van der Waals surface area contributed by atoms with Crippen LogP contribution in [0, 0.1) is 34.5 Å². The molecule has 4 aliphatic rings. The van der Waals surface area contributed by atoms with Crippen LogP contribution in [0.2, 0.25) is 0 Å². The van der Waals surface area contributed by atoms with Gasteiger partial charge in [-0.1, -0.05) is 38.0 Å². The van der Waals surface area contributed by atoms with Crippen LogP contribution in [0.1, 0.15) is 66.2 Å². The maximum absolute atomic E-state index is 12.8. The second kappa shape index (κ2) is 6.67. The Bertz CT molecular complexity index is 790. The number of esters is 1. The van der Waals surface area contributed by atoms with Crippen molar-refractivity contribution in [3.05, 3.63) is 23.3 Å². The Morgan fingerprint density at radius 1 is 1.21 bits per heavy atom. The predicted octanol–water partition coefficient (Wildman–Crippen LogP) is 4.43. The molecule has 6 atom stereocenters. The number of rotatable bonds is 3. The van der Waals surface area contributed by atoms with E-state index in [1.165, 1.54) is 18.1 Å². The summed E-state index contributed by atoms with van der Waals surface area (Å²) in [5.74, 6) is 1.34. The van der Waals surface area contributed by atoms with Crippen molar-refractivity contribution in [3.8, 4) is 0 Å². The van der Waals surface area contributed by atoms with E-state index >= 15 is 0 Å². The van der Waals surface area contributed by atoms with Crippen molar-refractivity contribution in [1.29, 1.82) is 0 Å². The van der Waals surface area contributed by atoms with Crippen molar-refractivity contribution in [2.45, 2.75) is 66.2 Å². The predicted molar refractivity (Wildman–Crippen MR) is 106 cm³/mol. The fourth-order valence-corrected chi connectivity index (χ4v) is 7.07. The molecule has 152 valence electrons. The zero-order valence-electron chi connectivity index (χ0n) is 17.5. The van der Waals surface area contributed by atoms with Gasteiger partial charge in [-0.05, 0) is 61.3 Å². The second-order valence-corrected chi connectivity index (χ2v) is 9.99. The molecule has 0 aromatic heterocycles. The van der Waals surface area contributed by atoms with Gasteiger partial charge in [-0.2, -0.15) is 0 Å². The Balaban J connectivity index is 1.65. The van der Waals surface area contributed by atoms with E-state index in [0.29, 0.717) is 24.2 Å². The fraction of sp³-hybridized carbons (Fsp3) is 0.708. The van der Waals surface area contributed by atoms with Gasteiger partial charge in [0.25, 0.3) is 0 Å². The molecule has 0 N–H and O–H groups in total. The summed E-state index contributed by atoms with van der Waals surface area (Å²) in [5.41, 5.74) is 2.82. The van der Waals surface area contributed by atoms with Gasteiger partial charge in [-0.25, -0.2) is 0 Å². The van der Waals surface area contributed by atoms with Crippen LogP contribution in [-0.4, -0.2) is 24.1 Å². The van der Waals surface area contributed by atoms with E-state index in [4.69, 9.17) is 4.74 Å². The van der Waals surface area contributed by atoms with Gasteiger partial charge in [0.2, 0.25) is 0 Å². The first kappa shape index (κ1) is 19.6. The standard InChI is InChI=1S/C24H32O4/c1-14-11-17-18-5-6-20(22(27)13-28-15(2)25)23(18,3)10-8-19(17)24(4)9-7-16(26)12-21(14)24/h8,12,14,17-18,20H,5-7,9-11,13H2,1-4H3. The van der Waals surface area contributed by atoms with Gasteiger partial charge in [0, 0.05) is 24.7 Å². The van der Waals surface area contributed by atoms with Crippen LogP contribution in [0.3, 0.4) is 0 Å². The molecule has 2 fully saturated rings. The van der Waals surface area contributed by atoms with E-state index in [1.54, 1.807) is 0 Å². The quantitative estimate of drug-likeness (QED) is 0.533. The van der Waals surface area contributed by atoms with Crippen molar-refractivity contribution in [2.24, 2.45) is 34.5 Å². The first-order valence-corrected chi connectivity index (χ1v) is 10.8. The van der Waals surface area contributed by atoms with Gasteiger partial charge in [0.05, 0.1) is 0 Å². The second-order valence-electron chi connectivity index (χ2n) is 9.99. The van der Waals surface area contributed by atoms with Gasteiger partial charge in [0.1, 0.15) is 6.61 Å². The first-order valence-electron chi connectivity index (χ1n) is 10.8. The maximum atomic E-state index is 12.8. The van der Waals surface area contributed by atoms with Crippen LogP contribution >= 0.6 is 0 Å². The summed E-state index contributed by atoms with van der Waals surface area (Å²) in [5, 5.41) is 0. The van der Waals surface area contributed by atoms with Crippen molar-refractivity contribution in [1.82, 2.24) is 0 Å². The van der Waals surface area contributed by atoms with Gasteiger partial charge in [-0.3, -0.25) is 14.4 Å². The lowest BCUT2D eigenvalue weighted by Gasteiger charge is -2.55. The first-order chi connectivity index (χ1) is 13.2. The summed E-state index contributed by atoms with van der Waals surface area (Å²) in [6, 6.07) is 0. The number of Topliss-reactive ketones (excluding diaryl/α,β-unsaturated/α-hetero) is 1. The summed E-state index contributed by atoms with van der Waals surface area (Å²) in [6.45, 7) is 8.14. The molecule has 0 amide bonds. The molecule has 0 aromatic carbocycles. The van der Waals surface area contributed by atoms with Crippen LogP contribution < -0.4 is 0 Å². The molecule has 2 saturated carbocycles. The van der Waals surface area contributed by atoms with E-state index in [2.05, 4.69) is 26.8 Å². The summed E-state index contributed by atoms with van der Waals surface area (Å²) in [4.78, 5) is 36.0. The average Bonchev–Trinajstić information content (AvgIpc) is 2.99. The highest BCUT2D eigenvalue weighted by Gasteiger charge is 2.58. The number of carbonyl (C=O) groups excluding carboxylic acids is 3. The Kier molecular flexibility index (Phi) is 4.67. The number of fused-ring (bicyclic) bond motifs is 5. The topological polar surface area (TPSA) is 60.4 Å². The molecule has 4 heteroatoms. The highest BCUT2D eigenvalue weighted by atomic mass is 16.5. The highest BCUT2D eigenvalue weighted by Crippen LogP contribution is 2.65. The average molecular weight is 385 g/mol. The third kappa shape index (κ3) is 2.83. The SMILES string of the molecule is CC(=O)OCC(=O)C1CCC2C3CC(C)C4=CC(=O)CCC4(C)C3=CCC12C. The summed E-state index contributed by atoms with van der Waals surface area (Å²) < 4.78 is 5.02. The molecule has 6 unspecified atom stereocenters. The molecule has 0 radical (unpaired) electrons. The molecule has 0 spiro atoms. The minimum Gasteiger partial charge on any atom is -0.458 e. The highest BCUT2D eigenvalue weighted by molar-refractivity contribution is 5.92. The van der Waals surface area contributed by atoms with E-state index in [1.807, 2.05) is 6.08 Å². The van der Waals surface area contributed by atoms with Crippen LogP contribution in [0.4, 0.5) is 0 Å². The summed E-state index contributed by atoms with van der Waals surface area (Å²) in [6.07, 6.45) is 9.84. The van der Waals surface area contributed by atoms with Gasteiger partial charge >= 0.3 is 5.97 Å².